The first-order chi connectivity index (χ1) is 15.5. The van der Waals surface area contributed by atoms with Crippen molar-refractivity contribution in [3.05, 3.63) is 78.0 Å². The highest BCUT2D eigenvalue weighted by atomic mass is 32.1. The Labute approximate surface area is 188 Å². The predicted octanol–water partition coefficient (Wildman–Crippen LogP) is 6.10. The van der Waals surface area contributed by atoms with Crippen LogP contribution in [0, 0.1) is 13.8 Å². The van der Waals surface area contributed by atoms with E-state index in [1.807, 2.05) is 56.4 Å². The number of pyridine rings is 1. The summed E-state index contributed by atoms with van der Waals surface area (Å²) in [6, 6.07) is 14.0. The second-order valence-corrected chi connectivity index (χ2v) is 8.53. The van der Waals surface area contributed by atoms with E-state index in [4.69, 9.17) is 9.47 Å². The van der Waals surface area contributed by atoms with Crippen LogP contribution in [-0.4, -0.2) is 28.0 Å². The summed E-state index contributed by atoms with van der Waals surface area (Å²) in [5.41, 5.74) is 3.35. The average molecular weight is 442 g/mol. The van der Waals surface area contributed by atoms with Crippen molar-refractivity contribution in [1.82, 2.24) is 15.0 Å². The molecule has 5 aromatic rings. The minimum absolute atomic E-state index is 0.198. The van der Waals surface area contributed by atoms with Gasteiger partial charge in [0.05, 0.1) is 12.8 Å². The number of ether oxygens (including phenoxy) is 2. The summed E-state index contributed by atoms with van der Waals surface area (Å²) in [6.07, 6.45) is 5.16. The minimum Gasteiger partial charge on any atom is -0.464 e. The second-order valence-electron chi connectivity index (χ2n) is 7.48. The molecule has 0 radical (unpaired) electrons. The first-order valence-electron chi connectivity index (χ1n) is 10.00. The topological polar surface area (TPSA) is 74.2 Å². The zero-order chi connectivity index (χ0) is 22.2. The van der Waals surface area contributed by atoms with Crippen LogP contribution < -0.4 is 4.74 Å². The fraction of sp³-hybridized carbons (Fsp3) is 0.120. The van der Waals surface area contributed by atoms with Gasteiger partial charge < -0.3 is 9.47 Å². The van der Waals surface area contributed by atoms with Crippen molar-refractivity contribution in [2.24, 2.45) is 0 Å². The van der Waals surface area contributed by atoms with Crippen molar-refractivity contribution >= 4 is 38.2 Å². The lowest BCUT2D eigenvalue weighted by Crippen LogP contribution is -2.08. The number of esters is 1. The predicted molar refractivity (Wildman–Crippen MR) is 125 cm³/mol. The van der Waals surface area contributed by atoms with Crippen molar-refractivity contribution in [2.75, 3.05) is 7.11 Å². The maximum Gasteiger partial charge on any atom is 0.358 e. The molecule has 0 atom stereocenters. The standard InChI is InChI=1S/C25H19N3O3S/c1-14-8-16-6-7-26-13-19(16)20(9-14)31-22-11-17-4-5-18(10-21(17)32-22)23-24(25(29)30-3)27-12-15(2)28-23/h4-13H,1-3H3. The van der Waals surface area contributed by atoms with Crippen molar-refractivity contribution in [3.63, 3.8) is 0 Å². The molecule has 7 heteroatoms. The summed E-state index contributed by atoms with van der Waals surface area (Å²) in [5, 5.41) is 3.88. The molecule has 0 aliphatic rings. The van der Waals surface area contributed by atoms with Crippen molar-refractivity contribution < 1.29 is 14.3 Å². The Kier molecular flexibility index (Phi) is 5.03. The van der Waals surface area contributed by atoms with Crippen molar-refractivity contribution in [3.8, 4) is 22.1 Å². The van der Waals surface area contributed by atoms with Gasteiger partial charge in [0.2, 0.25) is 0 Å². The molecule has 0 saturated heterocycles. The Bertz CT molecular complexity index is 1490. The van der Waals surface area contributed by atoms with Crippen LogP contribution in [-0.2, 0) is 4.74 Å². The van der Waals surface area contributed by atoms with E-state index in [0.717, 1.165) is 48.5 Å². The van der Waals surface area contributed by atoms with Crippen LogP contribution in [0.2, 0.25) is 0 Å². The molecular formula is C25H19N3O3S. The van der Waals surface area contributed by atoms with Gasteiger partial charge in [-0.15, -0.1) is 0 Å². The lowest BCUT2D eigenvalue weighted by molar-refractivity contribution is 0.0594. The van der Waals surface area contributed by atoms with Crippen molar-refractivity contribution in [2.45, 2.75) is 13.8 Å². The van der Waals surface area contributed by atoms with E-state index in [1.54, 1.807) is 12.4 Å². The molecule has 0 N–H and O–H groups in total. The molecule has 0 amide bonds. The van der Waals surface area contributed by atoms with Gasteiger partial charge in [0.25, 0.3) is 0 Å². The highest BCUT2D eigenvalue weighted by Crippen LogP contribution is 2.39. The van der Waals surface area contributed by atoms with Gasteiger partial charge in [0, 0.05) is 40.3 Å². The van der Waals surface area contributed by atoms with Crippen molar-refractivity contribution in [1.29, 1.82) is 0 Å². The molecule has 0 fully saturated rings. The van der Waals surface area contributed by atoms with Crippen LogP contribution in [0.4, 0.5) is 0 Å². The molecule has 0 unspecified atom stereocenters. The Morgan fingerprint density at radius 2 is 1.88 bits per heavy atom. The summed E-state index contributed by atoms with van der Waals surface area (Å²) in [5.74, 6) is 0.264. The number of carbonyl (C=O) groups excluding carboxylic acids is 1. The van der Waals surface area contributed by atoms with E-state index in [1.165, 1.54) is 18.4 Å². The maximum absolute atomic E-state index is 12.2. The van der Waals surface area contributed by atoms with Gasteiger partial charge in [-0.1, -0.05) is 29.5 Å². The van der Waals surface area contributed by atoms with E-state index in [9.17, 15) is 4.79 Å². The number of methoxy groups -OCH3 is 1. The molecule has 158 valence electrons. The first-order valence-corrected chi connectivity index (χ1v) is 10.8. The smallest absolute Gasteiger partial charge is 0.358 e. The van der Waals surface area contributed by atoms with Gasteiger partial charge >= 0.3 is 5.97 Å². The maximum atomic E-state index is 12.2. The van der Waals surface area contributed by atoms with Crippen LogP contribution in [0.15, 0.2) is 61.1 Å². The second kappa shape index (κ2) is 8.01. The lowest BCUT2D eigenvalue weighted by Gasteiger charge is -2.08. The van der Waals surface area contributed by atoms with E-state index in [2.05, 4.69) is 21.0 Å². The van der Waals surface area contributed by atoms with Gasteiger partial charge in [-0.3, -0.25) is 4.98 Å². The van der Waals surface area contributed by atoms with E-state index in [0.29, 0.717) is 5.69 Å². The summed E-state index contributed by atoms with van der Waals surface area (Å²) in [6.45, 7) is 3.89. The SMILES string of the molecule is COC(=O)c1ncc(C)nc1-c1ccc2cc(Oc3cc(C)cc4ccncc34)sc2c1. The molecule has 3 heterocycles. The first kappa shape index (κ1) is 20.1. The number of hydrogen-bond donors (Lipinski definition) is 0. The average Bonchev–Trinajstić information content (AvgIpc) is 3.20. The molecule has 0 saturated carbocycles. The monoisotopic (exact) mass is 441 g/mol. The van der Waals surface area contributed by atoms with Gasteiger partial charge in [-0.2, -0.15) is 0 Å². The molecule has 6 nitrogen and oxygen atoms in total. The van der Waals surface area contributed by atoms with Crippen LogP contribution in [0.3, 0.4) is 0 Å². The summed E-state index contributed by atoms with van der Waals surface area (Å²) >= 11 is 1.53. The highest BCUT2D eigenvalue weighted by molar-refractivity contribution is 7.20. The molecule has 0 spiro atoms. The van der Waals surface area contributed by atoms with Crippen LogP contribution in [0.1, 0.15) is 21.7 Å². The fourth-order valence-corrected chi connectivity index (χ4v) is 4.60. The number of aromatic nitrogens is 3. The van der Waals surface area contributed by atoms with Gasteiger partial charge in [-0.05, 0) is 48.4 Å². The third-order valence-corrected chi connectivity index (χ3v) is 6.09. The number of fused-ring (bicyclic) bond motifs is 2. The zero-order valence-electron chi connectivity index (χ0n) is 17.7. The van der Waals surface area contributed by atoms with Crippen LogP contribution in [0.25, 0.3) is 32.1 Å². The Balaban J connectivity index is 1.55. The number of rotatable bonds is 4. The fourth-order valence-electron chi connectivity index (χ4n) is 3.63. The number of benzene rings is 2. The summed E-state index contributed by atoms with van der Waals surface area (Å²) < 4.78 is 12.2. The molecule has 32 heavy (non-hydrogen) atoms. The Morgan fingerprint density at radius 3 is 2.72 bits per heavy atom. The Morgan fingerprint density at radius 1 is 1.00 bits per heavy atom. The molecule has 0 aliphatic carbocycles. The lowest BCUT2D eigenvalue weighted by atomic mass is 10.1. The van der Waals surface area contributed by atoms with Crippen LogP contribution >= 0.6 is 11.3 Å². The zero-order valence-corrected chi connectivity index (χ0v) is 18.6. The third-order valence-electron chi connectivity index (χ3n) is 5.12. The number of carbonyl (C=O) groups is 1. The molecule has 2 aromatic carbocycles. The highest BCUT2D eigenvalue weighted by Gasteiger charge is 2.18. The van der Waals surface area contributed by atoms with E-state index >= 15 is 0 Å². The molecule has 0 aliphatic heterocycles. The summed E-state index contributed by atoms with van der Waals surface area (Å²) in [7, 11) is 1.34. The molecule has 0 bridgehead atoms. The molecular weight excluding hydrogens is 422 g/mol. The number of nitrogens with zero attached hydrogens (tertiary/aromatic N) is 3. The van der Waals surface area contributed by atoms with Gasteiger partial charge in [-0.25, -0.2) is 14.8 Å². The third kappa shape index (κ3) is 3.67. The van der Waals surface area contributed by atoms with Gasteiger partial charge in [0.1, 0.15) is 11.4 Å². The van der Waals surface area contributed by atoms with E-state index < -0.39 is 5.97 Å². The summed E-state index contributed by atoms with van der Waals surface area (Å²) in [4.78, 5) is 25.2. The number of hydrogen-bond acceptors (Lipinski definition) is 7. The van der Waals surface area contributed by atoms with E-state index in [-0.39, 0.29) is 5.69 Å². The number of aryl methyl sites for hydroxylation is 2. The molecule has 5 rings (SSSR count). The van der Waals surface area contributed by atoms with Gasteiger partial charge in [0.15, 0.2) is 10.8 Å². The molecule has 3 aromatic heterocycles. The number of thiophene rings is 1. The minimum atomic E-state index is -0.511. The quantitative estimate of drug-likeness (QED) is 0.314. The van der Waals surface area contributed by atoms with Crippen LogP contribution in [0.5, 0.6) is 10.8 Å². The largest absolute Gasteiger partial charge is 0.464 e. The normalized spacial score (nSPS) is 11.1. The Hall–Kier alpha value is -3.84.